The van der Waals surface area contributed by atoms with Crippen LogP contribution in [-0.2, 0) is 19.2 Å². The first kappa shape index (κ1) is 17.1. The predicted octanol–water partition coefficient (Wildman–Crippen LogP) is 0.387. The average molecular weight is 298 g/mol. The lowest BCUT2D eigenvalue weighted by atomic mass is 9.75. The molecule has 0 bridgehead atoms. The Morgan fingerprint density at radius 3 is 2.33 bits per heavy atom. The summed E-state index contributed by atoms with van der Waals surface area (Å²) in [6.07, 6.45) is -0.260. The number of amides is 3. The summed E-state index contributed by atoms with van der Waals surface area (Å²) in [5.41, 5.74) is -2.43. The Kier molecular flexibility index (Phi) is 4.45. The molecule has 21 heavy (non-hydrogen) atoms. The van der Waals surface area contributed by atoms with Crippen LogP contribution in [0.15, 0.2) is 0 Å². The van der Waals surface area contributed by atoms with Crippen LogP contribution in [0.3, 0.4) is 0 Å². The third-order valence-electron chi connectivity index (χ3n) is 4.37. The van der Waals surface area contributed by atoms with Gasteiger partial charge in [0, 0.05) is 6.42 Å². The topological polar surface area (TPSA) is 104 Å². The van der Waals surface area contributed by atoms with E-state index in [4.69, 9.17) is 0 Å². The molecule has 1 atom stereocenters. The van der Waals surface area contributed by atoms with E-state index in [1.165, 1.54) is 20.8 Å². The minimum absolute atomic E-state index is 0.245. The van der Waals surface area contributed by atoms with Crippen molar-refractivity contribution in [3.63, 3.8) is 0 Å². The number of piperazine rings is 1. The molecule has 7 heteroatoms. The maximum atomic E-state index is 12.5. The van der Waals surface area contributed by atoms with E-state index >= 15 is 0 Å². The van der Waals surface area contributed by atoms with Gasteiger partial charge in [-0.2, -0.15) is 0 Å². The molecule has 2 N–H and O–H groups in total. The first-order valence-electron chi connectivity index (χ1n) is 6.81. The lowest BCUT2D eigenvalue weighted by Gasteiger charge is -2.41. The zero-order valence-corrected chi connectivity index (χ0v) is 13.0. The van der Waals surface area contributed by atoms with Gasteiger partial charge in [0.25, 0.3) is 5.91 Å². The molecule has 1 heterocycles. The Morgan fingerprint density at radius 1 is 1.38 bits per heavy atom. The monoisotopic (exact) mass is 298 g/mol. The second-order valence-electron chi connectivity index (χ2n) is 6.47. The van der Waals surface area contributed by atoms with E-state index in [2.05, 4.69) is 5.32 Å². The maximum Gasteiger partial charge on any atom is 0.310 e. The van der Waals surface area contributed by atoms with Gasteiger partial charge in [-0.1, -0.05) is 13.8 Å². The Balaban J connectivity index is 3.04. The number of aliphatic carboxylic acids is 1. The molecular weight excluding hydrogens is 276 g/mol. The number of nitrogens with zero attached hydrogens (tertiary/aromatic N) is 1. The summed E-state index contributed by atoms with van der Waals surface area (Å²) in [6, 6.07) is 0. The van der Waals surface area contributed by atoms with E-state index in [9.17, 15) is 24.3 Å². The van der Waals surface area contributed by atoms with Gasteiger partial charge < -0.3 is 10.0 Å². The molecule has 1 fully saturated rings. The number of carboxylic acid groups (broad SMARTS) is 1. The molecule has 0 aromatic heterocycles. The lowest BCUT2D eigenvalue weighted by Crippen LogP contribution is -2.66. The van der Waals surface area contributed by atoms with Crippen molar-refractivity contribution in [3.05, 3.63) is 0 Å². The van der Waals surface area contributed by atoms with Gasteiger partial charge in [-0.15, -0.1) is 0 Å². The van der Waals surface area contributed by atoms with Crippen LogP contribution in [0.1, 0.15) is 41.0 Å². The van der Waals surface area contributed by atoms with Crippen molar-refractivity contribution in [1.82, 2.24) is 10.2 Å². The van der Waals surface area contributed by atoms with Crippen molar-refractivity contribution < 1.29 is 24.3 Å². The van der Waals surface area contributed by atoms with Crippen molar-refractivity contribution >= 4 is 23.7 Å². The Morgan fingerprint density at radius 2 is 1.90 bits per heavy atom. The number of carboxylic acids is 1. The van der Waals surface area contributed by atoms with E-state index < -0.39 is 34.6 Å². The van der Waals surface area contributed by atoms with E-state index in [0.29, 0.717) is 0 Å². The molecule has 0 aromatic carbocycles. The Hall–Kier alpha value is -1.92. The summed E-state index contributed by atoms with van der Waals surface area (Å²) in [5, 5.41) is 11.5. The largest absolute Gasteiger partial charge is 0.481 e. The van der Waals surface area contributed by atoms with Crippen molar-refractivity contribution in [2.24, 2.45) is 11.3 Å². The summed E-state index contributed by atoms with van der Waals surface area (Å²) >= 11 is 0. The zero-order chi connectivity index (χ0) is 16.6. The van der Waals surface area contributed by atoms with Crippen LogP contribution in [-0.4, -0.2) is 45.8 Å². The van der Waals surface area contributed by atoms with Crippen LogP contribution in [0.4, 0.5) is 0 Å². The van der Waals surface area contributed by atoms with Crippen LogP contribution in [0.25, 0.3) is 0 Å². The minimum atomic E-state index is -1.25. The molecule has 1 rings (SSSR count). The molecule has 0 aromatic rings. The number of hydrogen-bond acceptors (Lipinski definition) is 4. The molecule has 7 nitrogen and oxygen atoms in total. The quantitative estimate of drug-likeness (QED) is 0.731. The molecular formula is C14H22N2O5. The predicted molar refractivity (Wildman–Crippen MR) is 74.1 cm³/mol. The Labute approximate surface area is 123 Å². The van der Waals surface area contributed by atoms with Gasteiger partial charge >= 0.3 is 5.97 Å². The van der Waals surface area contributed by atoms with E-state index in [0.717, 1.165) is 4.90 Å². The van der Waals surface area contributed by atoms with Crippen LogP contribution >= 0.6 is 0 Å². The zero-order valence-electron chi connectivity index (χ0n) is 13.0. The van der Waals surface area contributed by atoms with Gasteiger partial charge in [-0.25, -0.2) is 0 Å². The summed E-state index contributed by atoms with van der Waals surface area (Å²) in [6.45, 7) is 7.75. The van der Waals surface area contributed by atoms with Gasteiger partial charge in [0.05, 0.1) is 5.41 Å². The summed E-state index contributed by atoms with van der Waals surface area (Å²) < 4.78 is 0. The highest BCUT2D eigenvalue weighted by atomic mass is 16.4. The smallest absolute Gasteiger partial charge is 0.310 e. The fourth-order valence-corrected chi connectivity index (χ4v) is 2.12. The van der Waals surface area contributed by atoms with Crippen molar-refractivity contribution in [1.29, 1.82) is 0 Å². The highest BCUT2D eigenvalue weighted by Crippen LogP contribution is 2.33. The summed E-state index contributed by atoms with van der Waals surface area (Å²) in [5.74, 6) is -2.97. The number of imide groups is 1. The van der Waals surface area contributed by atoms with Crippen LogP contribution < -0.4 is 5.32 Å². The lowest BCUT2D eigenvalue weighted by molar-refractivity contribution is -0.161. The number of nitrogens with one attached hydrogen (secondary N) is 1. The fourth-order valence-electron chi connectivity index (χ4n) is 2.12. The molecule has 0 saturated carbocycles. The summed E-state index contributed by atoms with van der Waals surface area (Å²) in [7, 11) is 0. The molecule has 0 radical (unpaired) electrons. The molecule has 118 valence electrons. The molecule has 0 spiro atoms. The molecule has 1 aliphatic heterocycles. The third-order valence-corrected chi connectivity index (χ3v) is 4.37. The number of hydrogen-bond donors (Lipinski definition) is 2. The number of carbonyl (C=O) groups excluding carboxylic acids is 3. The van der Waals surface area contributed by atoms with Gasteiger partial charge in [0.15, 0.2) is 0 Å². The highest BCUT2D eigenvalue weighted by Gasteiger charge is 2.47. The Bertz CT molecular complexity index is 498. The van der Waals surface area contributed by atoms with Gasteiger partial charge in [-0.05, 0) is 26.7 Å². The highest BCUT2D eigenvalue weighted by molar-refractivity contribution is 6.06. The standard InChI is InChI=1S/C14H22N2O5/c1-8(2)14(5,12(20)21)6-10(18)16-7-9(17)15-11(19)13(16,3)4/h8H,6-7H2,1-5H3,(H,20,21)(H,15,17,19). The first-order valence-corrected chi connectivity index (χ1v) is 6.81. The van der Waals surface area contributed by atoms with Crippen molar-refractivity contribution in [2.75, 3.05) is 6.54 Å². The second-order valence-corrected chi connectivity index (χ2v) is 6.47. The average Bonchev–Trinajstić information content (AvgIpc) is 2.33. The van der Waals surface area contributed by atoms with Gasteiger partial charge in [0.2, 0.25) is 11.8 Å². The molecule has 1 unspecified atom stereocenters. The summed E-state index contributed by atoms with van der Waals surface area (Å²) in [4.78, 5) is 48.4. The second kappa shape index (κ2) is 5.46. The normalized spacial score (nSPS) is 21.0. The SMILES string of the molecule is CC(C)C(C)(CC(=O)N1CC(=O)NC(=O)C1(C)C)C(=O)O. The number of carbonyl (C=O) groups is 4. The van der Waals surface area contributed by atoms with Crippen LogP contribution in [0, 0.1) is 11.3 Å². The molecule has 3 amide bonds. The number of rotatable bonds is 4. The maximum absolute atomic E-state index is 12.5. The molecule has 1 aliphatic rings. The van der Waals surface area contributed by atoms with Crippen LogP contribution in [0.2, 0.25) is 0 Å². The minimum Gasteiger partial charge on any atom is -0.481 e. The third kappa shape index (κ3) is 3.06. The van der Waals surface area contributed by atoms with Crippen LogP contribution in [0.5, 0.6) is 0 Å². The van der Waals surface area contributed by atoms with E-state index in [-0.39, 0.29) is 18.9 Å². The fraction of sp³-hybridized carbons (Fsp3) is 0.714. The van der Waals surface area contributed by atoms with E-state index in [1.807, 2.05) is 0 Å². The molecule has 0 aliphatic carbocycles. The van der Waals surface area contributed by atoms with E-state index in [1.54, 1.807) is 13.8 Å². The van der Waals surface area contributed by atoms with Crippen molar-refractivity contribution in [2.45, 2.75) is 46.6 Å². The van der Waals surface area contributed by atoms with Crippen molar-refractivity contribution in [3.8, 4) is 0 Å². The first-order chi connectivity index (χ1) is 9.42. The molecule has 1 saturated heterocycles. The van der Waals surface area contributed by atoms with Gasteiger partial charge in [-0.3, -0.25) is 24.5 Å². The van der Waals surface area contributed by atoms with Gasteiger partial charge in [0.1, 0.15) is 12.1 Å².